The van der Waals surface area contributed by atoms with Crippen LogP contribution in [0, 0.1) is 0 Å². The Morgan fingerprint density at radius 1 is 0.931 bits per heavy atom. The molecule has 0 bridgehead atoms. The van der Waals surface area contributed by atoms with Gasteiger partial charge in [-0.2, -0.15) is 4.68 Å². The van der Waals surface area contributed by atoms with Crippen molar-refractivity contribution in [3.63, 3.8) is 0 Å². The minimum Gasteiger partial charge on any atom is -0.326 e. The van der Waals surface area contributed by atoms with Gasteiger partial charge in [-0.25, -0.2) is 0 Å². The molecule has 1 amide bonds. The fraction of sp³-hybridized carbons (Fsp3) is 0.0909. The number of nitrogens with zero attached hydrogens (tertiary/aromatic N) is 4. The lowest BCUT2D eigenvalue weighted by Gasteiger charge is -2.08. The van der Waals surface area contributed by atoms with Crippen LogP contribution in [0.25, 0.3) is 5.69 Å². The SMILES string of the molecule is O=C(Cc1ccccc1)Nc1cccc(SCc2nnnn2-c2ccccc2)c1. The molecule has 0 saturated heterocycles. The highest BCUT2D eigenvalue weighted by Gasteiger charge is 2.09. The van der Waals surface area contributed by atoms with E-state index in [1.54, 1.807) is 16.4 Å². The molecule has 0 aliphatic carbocycles. The summed E-state index contributed by atoms with van der Waals surface area (Å²) in [6.45, 7) is 0. The average Bonchev–Trinajstić information content (AvgIpc) is 3.22. The first-order valence-electron chi connectivity index (χ1n) is 9.17. The fourth-order valence-corrected chi connectivity index (χ4v) is 3.72. The quantitative estimate of drug-likeness (QED) is 0.471. The first-order valence-corrected chi connectivity index (χ1v) is 10.2. The maximum absolute atomic E-state index is 12.3. The molecule has 0 radical (unpaired) electrons. The predicted molar refractivity (Wildman–Crippen MR) is 114 cm³/mol. The van der Waals surface area contributed by atoms with Crippen LogP contribution in [-0.2, 0) is 17.0 Å². The van der Waals surface area contributed by atoms with Crippen molar-refractivity contribution < 1.29 is 4.79 Å². The maximum Gasteiger partial charge on any atom is 0.228 e. The molecule has 0 fully saturated rings. The molecule has 4 aromatic rings. The van der Waals surface area contributed by atoms with Crippen LogP contribution in [0.3, 0.4) is 0 Å². The second-order valence-corrected chi connectivity index (χ2v) is 7.42. The summed E-state index contributed by atoms with van der Waals surface area (Å²) >= 11 is 1.62. The van der Waals surface area contributed by atoms with E-state index in [1.807, 2.05) is 84.9 Å². The number of tetrazole rings is 1. The highest BCUT2D eigenvalue weighted by molar-refractivity contribution is 7.98. The third-order valence-corrected chi connectivity index (χ3v) is 5.22. The van der Waals surface area contributed by atoms with E-state index in [0.29, 0.717) is 12.2 Å². The van der Waals surface area contributed by atoms with E-state index in [1.165, 1.54) is 0 Å². The van der Waals surface area contributed by atoms with Gasteiger partial charge in [0, 0.05) is 10.6 Å². The highest BCUT2D eigenvalue weighted by atomic mass is 32.2. The molecule has 6 nitrogen and oxygen atoms in total. The molecular formula is C22H19N5OS. The number of rotatable bonds is 7. The van der Waals surface area contributed by atoms with Crippen LogP contribution >= 0.6 is 11.8 Å². The van der Waals surface area contributed by atoms with Crippen molar-refractivity contribution in [2.24, 2.45) is 0 Å². The molecule has 0 unspecified atom stereocenters. The zero-order valence-electron chi connectivity index (χ0n) is 15.6. The van der Waals surface area contributed by atoms with Crippen molar-refractivity contribution in [3.8, 4) is 5.69 Å². The lowest BCUT2D eigenvalue weighted by molar-refractivity contribution is -0.115. The van der Waals surface area contributed by atoms with Crippen molar-refractivity contribution in [3.05, 3.63) is 96.3 Å². The summed E-state index contributed by atoms with van der Waals surface area (Å²) in [7, 11) is 0. The fourth-order valence-electron chi connectivity index (χ4n) is 2.86. The molecule has 0 atom stereocenters. The number of aromatic nitrogens is 4. The van der Waals surface area contributed by atoms with E-state index in [2.05, 4.69) is 20.8 Å². The number of benzene rings is 3. The van der Waals surface area contributed by atoms with Gasteiger partial charge in [-0.05, 0) is 46.3 Å². The normalized spacial score (nSPS) is 10.6. The van der Waals surface area contributed by atoms with Crippen LogP contribution in [0.15, 0.2) is 89.8 Å². The van der Waals surface area contributed by atoms with Gasteiger partial charge in [0.25, 0.3) is 0 Å². The molecule has 7 heteroatoms. The Hall–Kier alpha value is -3.45. The van der Waals surface area contributed by atoms with Gasteiger partial charge in [0.1, 0.15) is 0 Å². The van der Waals surface area contributed by atoms with Gasteiger partial charge < -0.3 is 5.32 Å². The number of hydrogen-bond donors (Lipinski definition) is 1. The average molecular weight is 401 g/mol. The molecule has 144 valence electrons. The molecular weight excluding hydrogens is 382 g/mol. The Balaban J connectivity index is 1.39. The van der Waals surface area contributed by atoms with Gasteiger partial charge in [-0.3, -0.25) is 4.79 Å². The summed E-state index contributed by atoms with van der Waals surface area (Å²) in [4.78, 5) is 13.3. The first-order chi connectivity index (χ1) is 14.3. The zero-order chi connectivity index (χ0) is 19.9. The van der Waals surface area contributed by atoms with Gasteiger partial charge in [-0.1, -0.05) is 54.6 Å². The van der Waals surface area contributed by atoms with Crippen LogP contribution in [0.4, 0.5) is 5.69 Å². The Morgan fingerprint density at radius 3 is 2.48 bits per heavy atom. The van der Waals surface area contributed by atoms with Crippen LogP contribution in [0.1, 0.15) is 11.4 Å². The number of anilines is 1. The second kappa shape index (κ2) is 9.16. The largest absolute Gasteiger partial charge is 0.326 e. The number of hydrogen-bond acceptors (Lipinski definition) is 5. The Bertz CT molecular complexity index is 1080. The Morgan fingerprint density at radius 2 is 1.69 bits per heavy atom. The van der Waals surface area contributed by atoms with Gasteiger partial charge in [0.05, 0.1) is 17.9 Å². The van der Waals surface area contributed by atoms with Crippen LogP contribution in [-0.4, -0.2) is 26.1 Å². The monoisotopic (exact) mass is 401 g/mol. The van der Waals surface area contributed by atoms with Crippen LogP contribution in [0.5, 0.6) is 0 Å². The van der Waals surface area contributed by atoms with E-state index >= 15 is 0 Å². The van der Waals surface area contributed by atoms with Crippen LogP contribution in [0.2, 0.25) is 0 Å². The van der Waals surface area contributed by atoms with Gasteiger partial charge >= 0.3 is 0 Å². The lowest BCUT2D eigenvalue weighted by atomic mass is 10.1. The number of amides is 1. The number of nitrogens with one attached hydrogen (secondary N) is 1. The van der Waals surface area contributed by atoms with E-state index < -0.39 is 0 Å². The maximum atomic E-state index is 12.3. The minimum atomic E-state index is -0.0358. The number of thioether (sulfide) groups is 1. The van der Waals surface area contributed by atoms with Crippen molar-refractivity contribution in [1.29, 1.82) is 0 Å². The Labute approximate surface area is 173 Å². The number of carbonyl (C=O) groups is 1. The topological polar surface area (TPSA) is 72.7 Å². The van der Waals surface area contributed by atoms with Gasteiger partial charge in [-0.15, -0.1) is 16.9 Å². The molecule has 3 aromatic carbocycles. The predicted octanol–water partition coefficient (Wildman–Crippen LogP) is 4.14. The molecule has 0 spiro atoms. The summed E-state index contributed by atoms with van der Waals surface area (Å²) in [6, 6.07) is 27.3. The van der Waals surface area contributed by atoms with E-state index in [9.17, 15) is 4.79 Å². The third-order valence-electron chi connectivity index (χ3n) is 4.23. The standard InChI is InChI=1S/C22H19N5OS/c28-22(14-17-8-3-1-4-9-17)23-18-10-7-13-20(15-18)29-16-21-24-25-26-27(21)19-11-5-2-6-12-19/h1-13,15H,14,16H2,(H,23,28). The highest BCUT2D eigenvalue weighted by Crippen LogP contribution is 2.25. The number of para-hydroxylation sites is 1. The molecule has 0 aliphatic rings. The second-order valence-electron chi connectivity index (χ2n) is 6.37. The molecule has 0 aliphatic heterocycles. The van der Waals surface area contributed by atoms with Crippen molar-refractivity contribution in [2.45, 2.75) is 17.1 Å². The lowest BCUT2D eigenvalue weighted by Crippen LogP contribution is -2.14. The van der Waals surface area contributed by atoms with E-state index in [-0.39, 0.29) is 5.91 Å². The summed E-state index contributed by atoms with van der Waals surface area (Å²) in [5.41, 5.74) is 2.69. The Kier molecular flexibility index (Phi) is 5.97. The third kappa shape index (κ3) is 5.08. The molecule has 0 saturated carbocycles. The van der Waals surface area contributed by atoms with Gasteiger partial charge in [0.2, 0.25) is 5.91 Å². The summed E-state index contributed by atoms with van der Waals surface area (Å²) < 4.78 is 1.73. The van der Waals surface area contributed by atoms with Crippen molar-refractivity contribution in [1.82, 2.24) is 20.2 Å². The van der Waals surface area contributed by atoms with E-state index in [4.69, 9.17) is 0 Å². The molecule has 29 heavy (non-hydrogen) atoms. The van der Waals surface area contributed by atoms with Crippen molar-refractivity contribution >= 4 is 23.4 Å². The smallest absolute Gasteiger partial charge is 0.228 e. The summed E-state index contributed by atoms with van der Waals surface area (Å²) in [5.74, 6) is 1.34. The first kappa shape index (κ1) is 18.9. The summed E-state index contributed by atoms with van der Waals surface area (Å²) in [6.07, 6.45) is 0.351. The zero-order valence-corrected chi connectivity index (χ0v) is 16.4. The molecule has 1 aromatic heterocycles. The number of carbonyl (C=O) groups excluding carboxylic acids is 1. The minimum absolute atomic E-state index is 0.0358. The van der Waals surface area contributed by atoms with Crippen molar-refractivity contribution in [2.75, 3.05) is 5.32 Å². The van der Waals surface area contributed by atoms with Crippen LogP contribution < -0.4 is 5.32 Å². The molecule has 4 rings (SSSR count). The molecule has 1 heterocycles. The molecule has 1 N–H and O–H groups in total. The van der Waals surface area contributed by atoms with E-state index in [0.717, 1.165) is 27.7 Å². The summed E-state index contributed by atoms with van der Waals surface area (Å²) in [5, 5.41) is 15.0. The van der Waals surface area contributed by atoms with Gasteiger partial charge in [0.15, 0.2) is 5.82 Å².